The molecule has 1 N–H and O–H groups in total. The Morgan fingerprint density at radius 2 is 1.61 bits per heavy atom. The van der Waals surface area contributed by atoms with Gasteiger partial charge in [0.1, 0.15) is 18.3 Å². The van der Waals surface area contributed by atoms with Gasteiger partial charge in [0.05, 0.1) is 19.1 Å². The van der Waals surface area contributed by atoms with Gasteiger partial charge in [0.15, 0.2) is 0 Å². The van der Waals surface area contributed by atoms with Gasteiger partial charge in [-0.05, 0) is 54.3 Å². The van der Waals surface area contributed by atoms with Crippen LogP contribution in [0.2, 0.25) is 5.02 Å². The van der Waals surface area contributed by atoms with E-state index in [0.29, 0.717) is 22.0 Å². The molecule has 0 heterocycles. The minimum Gasteiger partial charge on any atom is -0.497 e. The minimum atomic E-state index is -3.85. The van der Waals surface area contributed by atoms with Gasteiger partial charge in [-0.3, -0.25) is 13.9 Å². The summed E-state index contributed by atoms with van der Waals surface area (Å²) in [5.74, 6) is -0.231. The third-order valence-corrected chi connectivity index (χ3v) is 8.82. The van der Waals surface area contributed by atoms with Gasteiger partial charge in [-0.25, -0.2) is 8.42 Å². The van der Waals surface area contributed by atoms with E-state index in [1.165, 1.54) is 12.0 Å². The lowest BCUT2D eigenvalue weighted by molar-refractivity contribution is -0.140. The van der Waals surface area contributed by atoms with E-state index in [0.717, 1.165) is 41.8 Å². The fourth-order valence-corrected chi connectivity index (χ4v) is 6.14. The highest BCUT2D eigenvalue weighted by atomic mass is 35.5. The number of hydrogen-bond acceptors (Lipinski definition) is 5. The summed E-state index contributed by atoms with van der Waals surface area (Å²) in [5, 5.41) is 3.61. The molecule has 2 amide bonds. The molecule has 8 nitrogen and oxygen atoms in total. The Balaban J connectivity index is 1.72. The van der Waals surface area contributed by atoms with Gasteiger partial charge in [0.2, 0.25) is 21.8 Å². The number of ether oxygens (including phenoxy) is 1. The van der Waals surface area contributed by atoms with Crippen LogP contribution in [0.1, 0.15) is 36.8 Å². The molecule has 3 aromatic carbocycles. The highest BCUT2D eigenvalue weighted by Gasteiger charge is 2.34. The molecule has 1 atom stereocenters. The van der Waals surface area contributed by atoms with Gasteiger partial charge in [0, 0.05) is 24.0 Å². The number of nitrogens with one attached hydrogen (secondary N) is 1. The van der Waals surface area contributed by atoms with Crippen molar-refractivity contribution in [2.45, 2.75) is 50.7 Å². The summed E-state index contributed by atoms with van der Waals surface area (Å²) < 4.78 is 32.1. The van der Waals surface area contributed by atoms with Crippen molar-refractivity contribution in [2.24, 2.45) is 0 Å². The molecule has 0 unspecified atom stereocenters. The maximum Gasteiger partial charge on any atom is 0.244 e. The molecule has 1 fully saturated rings. The van der Waals surface area contributed by atoms with Crippen LogP contribution < -0.4 is 14.4 Å². The van der Waals surface area contributed by atoms with Crippen molar-refractivity contribution < 1.29 is 22.7 Å². The summed E-state index contributed by atoms with van der Waals surface area (Å²) in [6.45, 7) is -0.452. The summed E-state index contributed by atoms with van der Waals surface area (Å²) in [6.07, 6.45) is 5.18. The molecule has 218 valence electrons. The number of halogens is 1. The molecule has 0 saturated heterocycles. The molecule has 1 aliphatic carbocycles. The molecule has 4 rings (SSSR count). The van der Waals surface area contributed by atoms with E-state index in [-0.39, 0.29) is 24.9 Å². The number of hydrogen-bond donors (Lipinski definition) is 1. The van der Waals surface area contributed by atoms with Crippen molar-refractivity contribution in [2.75, 3.05) is 24.2 Å². The lowest BCUT2D eigenvalue weighted by atomic mass is 10.0. The maximum absolute atomic E-state index is 14.2. The molecule has 0 bridgehead atoms. The number of amides is 2. The van der Waals surface area contributed by atoms with Gasteiger partial charge in [-0.1, -0.05) is 73.0 Å². The predicted molar refractivity (Wildman–Crippen MR) is 162 cm³/mol. The van der Waals surface area contributed by atoms with Crippen LogP contribution in [0.3, 0.4) is 0 Å². The van der Waals surface area contributed by atoms with Crippen LogP contribution in [-0.2, 0) is 32.6 Å². The number of sulfonamides is 1. The molecule has 0 aromatic heterocycles. The first-order chi connectivity index (χ1) is 19.7. The normalized spacial score (nSPS) is 14.3. The lowest BCUT2D eigenvalue weighted by Gasteiger charge is -2.34. The van der Waals surface area contributed by atoms with Crippen LogP contribution >= 0.6 is 11.6 Å². The Morgan fingerprint density at radius 1 is 0.976 bits per heavy atom. The van der Waals surface area contributed by atoms with Crippen molar-refractivity contribution >= 4 is 39.1 Å². The van der Waals surface area contributed by atoms with Crippen LogP contribution in [-0.4, -0.2) is 57.1 Å². The molecule has 1 saturated carbocycles. The van der Waals surface area contributed by atoms with Crippen molar-refractivity contribution in [3.05, 3.63) is 95.0 Å². The van der Waals surface area contributed by atoms with Crippen molar-refractivity contribution in [1.29, 1.82) is 0 Å². The zero-order valence-electron chi connectivity index (χ0n) is 23.3. The Hall–Kier alpha value is -3.56. The number of anilines is 1. The fourth-order valence-electron chi connectivity index (χ4n) is 5.09. The summed E-state index contributed by atoms with van der Waals surface area (Å²) in [5.41, 5.74) is 1.85. The highest BCUT2D eigenvalue weighted by molar-refractivity contribution is 7.92. The minimum absolute atomic E-state index is 0.0360. The van der Waals surface area contributed by atoms with Crippen molar-refractivity contribution in [1.82, 2.24) is 10.2 Å². The second-order valence-electron chi connectivity index (χ2n) is 10.3. The van der Waals surface area contributed by atoms with Gasteiger partial charge in [-0.15, -0.1) is 0 Å². The zero-order chi connectivity index (χ0) is 29.4. The molecule has 3 aromatic rings. The Bertz CT molecular complexity index is 1430. The first-order valence-electron chi connectivity index (χ1n) is 13.6. The Morgan fingerprint density at radius 3 is 2.22 bits per heavy atom. The smallest absolute Gasteiger partial charge is 0.244 e. The third-order valence-electron chi connectivity index (χ3n) is 7.31. The number of rotatable bonds is 12. The second-order valence-corrected chi connectivity index (χ2v) is 12.6. The average molecular weight is 598 g/mol. The van der Waals surface area contributed by atoms with Crippen LogP contribution in [0.4, 0.5) is 5.69 Å². The largest absolute Gasteiger partial charge is 0.497 e. The molecule has 0 aliphatic heterocycles. The fraction of sp³-hybridized carbons (Fsp3) is 0.355. The quantitative estimate of drug-likeness (QED) is 0.323. The molecule has 0 spiro atoms. The second kappa shape index (κ2) is 13.9. The monoisotopic (exact) mass is 597 g/mol. The van der Waals surface area contributed by atoms with Gasteiger partial charge in [-0.2, -0.15) is 0 Å². The molecule has 41 heavy (non-hydrogen) atoms. The van der Waals surface area contributed by atoms with E-state index in [1.54, 1.807) is 42.5 Å². The molecule has 0 radical (unpaired) electrons. The van der Waals surface area contributed by atoms with E-state index in [2.05, 4.69) is 5.32 Å². The van der Waals surface area contributed by atoms with Crippen LogP contribution in [0, 0.1) is 0 Å². The van der Waals surface area contributed by atoms with Crippen LogP contribution in [0.25, 0.3) is 0 Å². The summed E-state index contributed by atoms with van der Waals surface area (Å²) >= 11 is 6.50. The molecular formula is C31H36ClN3O5S. The number of benzene rings is 3. The number of carbonyl (C=O) groups is 2. The van der Waals surface area contributed by atoms with Gasteiger partial charge >= 0.3 is 0 Å². The number of methoxy groups -OCH3 is 1. The van der Waals surface area contributed by atoms with E-state index < -0.39 is 28.5 Å². The number of nitrogens with zero attached hydrogens (tertiary/aromatic N) is 2. The van der Waals surface area contributed by atoms with Crippen LogP contribution in [0.15, 0.2) is 78.9 Å². The van der Waals surface area contributed by atoms with Crippen molar-refractivity contribution in [3.63, 3.8) is 0 Å². The highest BCUT2D eigenvalue weighted by Crippen LogP contribution is 2.25. The summed E-state index contributed by atoms with van der Waals surface area (Å²) in [6, 6.07) is 22.2. The van der Waals surface area contributed by atoms with E-state index >= 15 is 0 Å². The van der Waals surface area contributed by atoms with E-state index in [9.17, 15) is 18.0 Å². The lowest BCUT2D eigenvalue weighted by Crippen LogP contribution is -2.54. The van der Waals surface area contributed by atoms with Gasteiger partial charge in [0.25, 0.3) is 0 Å². The predicted octanol–water partition coefficient (Wildman–Crippen LogP) is 4.81. The Kier molecular flexibility index (Phi) is 10.3. The molecule has 1 aliphatic rings. The molecular weight excluding hydrogens is 562 g/mol. The first kappa shape index (κ1) is 30.4. The first-order valence-corrected chi connectivity index (χ1v) is 15.9. The molecule has 10 heteroatoms. The SMILES string of the molecule is COc1ccc(N(CC(=O)N(Cc2ccccc2Cl)[C@@H](Cc2ccccc2)C(=O)NC2CCCC2)S(C)(=O)=O)cc1. The zero-order valence-corrected chi connectivity index (χ0v) is 24.9. The summed E-state index contributed by atoms with van der Waals surface area (Å²) in [7, 11) is -2.34. The van der Waals surface area contributed by atoms with E-state index in [4.69, 9.17) is 16.3 Å². The summed E-state index contributed by atoms with van der Waals surface area (Å²) in [4.78, 5) is 29.5. The Labute approximate surface area is 247 Å². The topological polar surface area (TPSA) is 96.0 Å². The average Bonchev–Trinajstić information content (AvgIpc) is 3.47. The van der Waals surface area contributed by atoms with Gasteiger partial charge < -0.3 is 15.0 Å². The van der Waals surface area contributed by atoms with Crippen molar-refractivity contribution in [3.8, 4) is 5.75 Å². The van der Waals surface area contributed by atoms with Crippen LogP contribution in [0.5, 0.6) is 5.75 Å². The maximum atomic E-state index is 14.2. The standard InChI is InChI=1S/C31H36ClN3O5S/c1-40-27-18-16-26(17-19-27)35(41(2,38)39)22-30(36)34(21-24-12-6-9-15-28(24)32)29(20-23-10-4-3-5-11-23)31(37)33-25-13-7-8-14-25/h3-6,9-12,15-19,25,29H,7-8,13-14,20-22H2,1-2H3,(H,33,37)/t29-/m0/s1. The van der Waals surface area contributed by atoms with E-state index in [1.807, 2.05) is 36.4 Å². The number of carbonyl (C=O) groups excluding carboxylic acids is 2. The third kappa shape index (κ3) is 8.24.